The fourth-order valence-corrected chi connectivity index (χ4v) is 2.53. The molecule has 0 saturated carbocycles. The van der Waals surface area contributed by atoms with Gasteiger partial charge < -0.3 is 0 Å². The Hall–Kier alpha value is -1.04. The van der Waals surface area contributed by atoms with E-state index in [1.807, 2.05) is 0 Å². The molecule has 0 aromatic carbocycles. The van der Waals surface area contributed by atoms with E-state index in [4.69, 9.17) is 0 Å². The molecule has 0 heterocycles. The molecule has 0 atom stereocenters. The summed E-state index contributed by atoms with van der Waals surface area (Å²) in [4.78, 5) is 0. The Bertz CT molecular complexity index is 330. The maximum absolute atomic E-state index is 3.88. The summed E-state index contributed by atoms with van der Waals surface area (Å²) in [6.45, 7) is 6.13. The van der Waals surface area contributed by atoms with E-state index in [9.17, 15) is 0 Å². The zero-order chi connectivity index (χ0) is 17.6. The molecule has 0 aromatic rings. The molecule has 0 fully saturated rings. The molecule has 0 heteroatoms. The van der Waals surface area contributed by atoms with Crippen molar-refractivity contribution in [2.45, 2.75) is 96.8 Å². The SMILES string of the molecule is [CH2]CCCCCCC/C=C\C/C=C\C/C=C\C/C=C\CCCCC. The Morgan fingerprint density at radius 3 is 1.42 bits per heavy atom. The van der Waals surface area contributed by atoms with Gasteiger partial charge >= 0.3 is 0 Å². The average Bonchev–Trinajstić information content (AvgIpc) is 2.60. The topological polar surface area (TPSA) is 0 Å². The van der Waals surface area contributed by atoms with E-state index in [-0.39, 0.29) is 0 Å². The molecular weight excluding hydrogens is 288 g/mol. The lowest BCUT2D eigenvalue weighted by atomic mass is 10.1. The van der Waals surface area contributed by atoms with Crippen molar-refractivity contribution in [3.63, 3.8) is 0 Å². The zero-order valence-electron chi connectivity index (χ0n) is 16.2. The van der Waals surface area contributed by atoms with Crippen LogP contribution in [0.25, 0.3) is 0 Å². The third kappa shape index (κ3) is 21.0. The number of hydrogen-bond donors (Lipinski definition) is 0. The summed E-state index contributed by atoms with van der Waals surface area (Å²) in [6.07, 6.45) is 35.9. The van der Waals surface area contributed by atoms with Gasteiger partial charge in [-0.3, -0.25) is 0 Å². The first-order valence-electron chi connectivity index (χ1n) is 10.3. The van der Waals surface area contributed by atoms with Crippen molar-refractivity contribution >= 4 is 0 Å². The van der Waals surface area contributed by atoms with Crippen LogP contribution >= 0.6 is 0 Å². The standard InChI is InChI=1S/C24H41/c1-3-5-7-9-11-13-15-17-19-21-23-24-22-20-18-16-14-12-10-8-6-4-2/h12,14,17-20,23-24H,1,3-11,13,15-16,21-22H2,2H3/b14-12-,19-17-,20-18-,24-23-. The Labute approximate surface area is 152 Å². The van der Waals surface area contributed by atoms with Crippen LogP contribution in [-0.4, -0.2) is 0 Å². The molecule has 24 heavy (non-hydrogen) atoms. The van der Waals surface area contributed by atoms with E-state index in [0.717, 1.165) is 25.7 Å². The molecule has 0 nitrogen and oxygen atoms in total. The molecule has 0 amide bonds. The molecule has 1 radical (unpaired) electrons. The molecule has 137 valence electrons. The van der Waals surface area contributed by atoms with Gasteiger partial charge in [0.1, 0.15) is 0 Å². The average molecular weight is 330 g/mol. The summed E-state index contributed by atoms with van der Waals surface area (Å²) >= 11 is 0. The van der Waals surface area contributed by atoms with E-state index >= 15 is 0 Å². The van der Waals surface area contributed by atoms with Crippen LogP contribution in [0.15, 0.2) is 48.6 Å². The van der Waals surface area contributed by atoms with Crippen molar-refractivity contribution < 1.29 is 0 Å². The molecule has 0 aliphatic carbocycles. The molecule has 0 rings (SSSR count). The first-order chi connectivity index (χ1) is 11.9. The zero-order valence-corrected chi connectivity index (χ0v) is 16.2. The lowest BCUT2D eigenvalue weighted by Crippen LogP contribution is -1.77. The smallest absolute Gasteiger partial charge is 0.0169 e. The van der Waals surface area contributed by atoms with E-state index < -0.39 is 0 Å². The maximum Gasteiger partial charge on any atom is -0.0169 e. The first-order valence-corrected chi connectivity index (χ1v) is 10.3. The molecule has 0 aliphatic heterocycles. The molecule has 0 N–H and O–H groups in total. The van der Waals surface area contributed by atoms with Crippen LogP contribution in [0.4, 0.5) is 0 Å². The predicted octanol–water partition coefficient (Wildman–Crippen LogP) is 8.53. The highest BCUT2D eigenvalue weighted by Gasteiger charge is 1.87. The van der Waals surface area contributed by atoms with E-state index in [1.165, 1.54) is 64.2 Å². The summed E-state index contributed by atoms with van der Waals surface area (Å²) in [6, 6.07) is 0. The van der Waals surface area contributed by atoms with Gasteiger partial charge in [-0.15, -0.1) is 0 Å². The molecule has 0 spiro atoms. The highest BCUT2D eigenvalue weighted by Crippen LogP contribution is 2.07. The van der Waals surface area contributed by atoms with Crippen molar-refractivity contribution in [2.24, 2.45) is 0 Å². The molecule has 0 bridgehead atoms. The lowest BCUT2D eigenvalue weighted by Gasteiger charge is -1.97. The highest BCUT2D eigenvalue weighted by molar-refractivity contribution is 4.99. The van der Waals surface area contributed by atoms with Crippen molar-refractivity contribution in [1.82, 2.24) is 0 Å². The van der Waals surface area contributed by atoms with Crippen molar-refractivity contribution in [2.75, 3.05) is 0 Å². The van der Waals surface area contributed by atoms with Crippen molar-refractivity contribution in [3.8, 4) is 0 Å². The van der Waals surface area contributed by atoms with E-state index in [1.54, 1.807) is 0 Å². The van der Waals surface area contributed by atoms with Gasteiger partial charge in [0.25, 0.3) is 0 Å². The second kappa shape index (κ2) is 22.0. The predicted molar refractivity (Wildman–Crippen MR) is 112 cm³/mol. The lowest BCUT2D eigenvalue weighted by molar-refractivity contribution is 0.621. The number of hydrogen-bond acceptors (Lipinski definition) is 0. The van der Waals surface area contributed by atoms with Gasteiger partial charge in [-0.2, -0.15) is 0 Å². The summed E-state index contributed by atoms with van der Waals surface area (Å²) in [5, 5.41) is 0. The van der Waals surface area contributed by atoms with Crippen LogP contribution in [0, 0.1) is 6.92 Å². The van der Waals surface area contributed by atoms with Crippen LogP contribution in [0.3, 0.4) is 0 Å². The van der Waals surface area contributed by atoms with Crippen LogP contribution < -0.4 is 0 Å². The van der Waals surface area contributed by atoms with Gasteiger partial charge in [-0.05, 0) is 44.9 Å². The Morgan fingerprint density at radius 1 is 0.500 bits per heavy atom. The molecule has 0 saturated heterocycles. The van der Waals surface area contributed by atoms with Gasteiger partial charge in [-0.25, -0.2) is 0 Å². The Balaban J connectivity index is 3.33. The van der Waals surface area contributed by atoms with Gasteiger partial charge in [0.2, 0.25) is 0 Å². The largest absolute Gasteiger partial charge is 0.0882 e. The second-order valence-corrected chi connectivity index (χ2v) is 6.50. The summed E-state index contributed by atoms with van der Waals surface area (Å²) in [5.74, 6) is 0. The fraction of sp³-hybridized carbons (Fsp3) is 0.625. The molecule has 0 aliphatic rings. The van der Waals surface area contributed by atoms with Gasteiger partial charge in [0, 0.05) is 0 Å². The van der Waals surface area contributed by atoms with Crippen LogP contribution in [0.2, 0.25) is 0 Å². The third-order valence-electron chi connectivity index (χ3n) is 4.08. The number of rotatable bonds is 17. The monoisotopic (exact) mass is 329 g/mol. The Kier molecular flexibility index (Phi) is 21.0. The van der Waals surface area contributed by atoms with E-state index in [0.29, 0.717) is 0 Å². The fourth-order valence-electron chi connectivity index (χ4n) is 2.53. The molecular formula is C24H41. The van der Waals surface area contributed by atoms with Crippen molar-refractivity contribution in [1.29, 1.82) is 0 Å². The van der Waals surface area contributed by atoms with Crippen LogP contribution in [0.1, 0.15) is 96.8 Å². The van der Waals surface area contributed by atoms with Crippen LogP contribution in [-0.2, 0) is 0 Å². The van der Waals surface area contributed by atoms with Crippen molar-refractivity contribution in [3.05, 3.63) is 55.5 Å². The normalized spacial score (nSPS) is 12.6. The summed E-state index contributed by atoms with van der Waals surface area (Å²) in [5.41, 5.74) is 0. The van der Waals surface area contributed by atoms with Crippen LogP contribution in [0.5, 0.6) is 0 Å². The maximum atomic E-state index is 3.88. The van der Waals surface area contributed by atoms with Gasteiger partial charge in [-0.1, -0.05) is 107 Å². The Morgan fingerprint density at radius 2 is 0.917 bits per heavy atom. The number of unbranched alkanes of at least 4 members (excludes halogenated alkanes) is 9. The molecule has 0 aromatic heterocycles. The highest BCUT2D eigenvalue weighted by atomic mass is 13.9. The minimum absolute atomic E-state index is 1.06. The van der Waals surface area contributed by atoms with Gasteiger partial charge in [0.05, 0.1) is 0 Å². The quantitative estimate of drug-likeness (QED) is 0.185. The van der Waals surface area contributed by atoms with Gasteiger partial charge in [0.15, 0.2) is 0 Å². The third-order valence-corrected chi connectivity index (χ3v) is 4.08. The minimum atomic E-state index is 1.06. The summed E-state index contributed by atoms with van der Waals surface area (Å²) in [7, 11) is 0. The first kappa shape index (κ1) is 23.0. The second-order valence-electron chi connectivity index (χ2n) is 6.50. The van der Waals surface area contributed by atoms with E-state index in [2.05, 4.69) is 62.5 Å². The molecule has 0 unspecified atom stereocenters. The minimum Gasteiger partial charge on any atom is -0.0882 e. The number of allylic oxidation sites excluding steroid dienone is 8. The summed E-state index contributed by atoms with van der Waals surface area (Å²) < 4.78 is 0.